The molecule has 1 aliphatic rings. The van der Waals surface area contributed by atoms with Gasteiger partial charge >= 0.3 is 0 Å². The van der Waals surface area contributed by atoms with Crippen molar-refractivity contribution >= 4 is 23.4 Å². The maximum Gasteiger partial charge on any atom is 0.233 e. The number of piperazine rings is 1. The number of carbonyl (C=O) groups excluding carboxylic acids is 1. The van der Waals surface area contributed by atoms with Gasteiger partial charge < -0.3 is 14.9 Å². The van der Waals surface area contributed by atoms with Crippen LogP contribution in [0.5, 0.6) is 5.75 Å². The Bertz CT molecular complexity index is 655. The highest BCUT2D eigenvalue weighted by Crippen LogP contribution is 2.27. The number of carbonyl (C=O) groups is 1. The zero-order valence-corrected chi connectivity index (χ0v) is 13.7. The monoisotopic (exact) mass is 328 g/mol. The quantitative estimate of drug-likeness (QED) is 0.877. The summed E-state index contributed by atoms with van der Waals surface area (Å²) in [5.41, 5.74) is 0.846. The van der Waals surface area contributed by atoms with E-state index < -0.39 is 0 Å². The average Bonchev–Trinajstić information content (AvgIpc) is 2.61. The number of amides is 1. The van der Waals surface area contributed by atoms with Crippen molar-refractivity contribution in [2.24, 2.45) is 0 Å². The van der Waals surface area contributed by atoms with E-state index in [-0.39, 0.29) is 5.91 Å². The summed E-state index contributed by atoms with van der Waals surface area (Å²) >= 11 is 1.58. The molecule has 2 aromatic rings. The molecule has 1 N–H and O–H groups in total. The van der Waals surface area contributed by atoms with Crippen LogP contribution in [0.2, 0.25) is 0 Å². The Labute approximate surface area is 140 Å². The normalized spacial score (nSPS) is 14.8. The second-order valence-electron chi connectivity index (χ2n) is 5.46. The summed E-state index contributed by atoms with van der Waals surface area (Å²) in [6.45, 7) is 2.89. The lowest BCUT2D eigenvalue weighted by Gasteiger charge is -2.36. The van der Waals surface area contributed by atoms with Gasteiger partial charge in [-0.25, -0.2) is 0 Å². The van der Waals surface area contributed by atoms with Gasteiger partial charge in [-0.05, 0) is 24.3 Å². The molecule has 1 fully saturated rings. The molecule has 0 bridgehead atoms. The van der Waals surface area contributed by atoms with Gasteiger partial charge in [-0.1, -0.05) is 30.3 Å². The lowest BCUT2D eigenvalue weighted by atomic mass is 10.2. The summed E-state index contributed by atoms with van der Waals surface area (Å²) in [5.74, 6) is 0.948. The third-order valence-electron chi connectivity index (χ3n) is 3.96. The third kappa shape index (κ3) is 3.99. The number of phenols is 1. The Balaban J connectivity index is 1.50. The van der Waals surface area contributed by atoms with Crippen molar-refractivity contribution in [3.63, 3.8) is 0 Å². The molecule has 1 saturated heterocycles. The Morgan fingerprint density at radius 1 is 0.957 bits per heavy atom. The molecule has 0 saturated carbocycles. The SMILES string of the molecule is O=C(CSc1ccccc1)N1CCN(c2ccccc2O)CC1. The zero-order valence-electron chi connectivity index (χ0n) is 12.9. The smallest absolute Gasteiger partial charge is 0.233 e. The molecule has 0 spiro atoms. The molecule has 0 unspecified atom stereocenters. The first kappa shape index (κ1) is 15.7. The largest absolute Gasteiger partial charge is 0.506 e. The van der Waals surface area contributed by atoms with Gasteiger partial charge in [0.25, 0.3) is 0 Å². The first-order valence-corrected chi connectivity index (χ1v) is 8.71. The van der Waals surface area contributed by atoms with Crippen LogP contribution < -0.4 is 4.90 Å². The van der Waals surface area contributed by atoms with E-state index in [1.807, 2.05) is 53.4 Å². The van der Waals surface area contributed by atoms with Crippen LogP contribution in [0.3, 0.4) is 0 Å². The fraction of sp³-hybridized carbons (Fsp3) is 0.278. The predicted molar refractivity (Wildman–Crippen MR) is 94.1 cm³/mol. The first-order chi connectivity index (χ1) is 11.2. The number of nitrogens with zero attached hydrogens (tertiary/aromatic N) is 2. The Morgan fingerprint density at radius 2 is 1.61 bits per heavy atom. The van der Waals surface area contributed by atoms with Gasteiger partial charge in [0.1, 0.15) is 5.75 Å². The van der Waals surface area contributed by atoms with Gasteiger partial charge in [0.2, 0.25) is 5.91 Å². The summed E-state index contributed by atoms with van der Waals surface area (Å²) < 4.78 is 0. The van der Waals surface area contributed by atoms with E-state index in [0.29, 0.717) is 24.6 Å². The number of hydrogen-bond donors (Lipinski definition) is 1. The molecule has 5 heteroatoms. The molecule has 0 atom stereocenters. The van der Waals surface area contributed by atoms with Crippen LogP contribution in [0.1, 0.15) is 0 Å². The van der Waals surface area contributed by atoms with Gasteiger partial charge in [-0.3, -0.25) is 4.79 Å². The van der Waals surface area contributed by atoms with E-state index in [1.54, 1.807) is 17.8 Å². The topological polar surface area (TPSA) is 43.8 Å². The second kappa shape index (κ2) is 7.42. The van der Waals surface area contributed by atoms with Crippen molar-refractivity contribution in [3.8, 4) is 5.75 Å². The summed E-state index contributed by atoms with van der Waals surface area (Å²) in [6.07, 6.45) is 0. The van der Waals surface area contributed by atoms with Crippen molar-refractivity contribution in [2.75, 3.05) is 36.8 Å². The number of thioether (sulfide) groups is 1. The van der Waals surface area contributed by atoms with E-state index in [9.17, 15) is 9.90 Å². The summed E-state index contributed by atoms with van der Waals surface area (Å²) in [6, 6.07) is 17.3. The second-order valence-corrected chi connectivity index (χ2v) is 6.51. The minimum Gasteiger partial charge on any atom is -0.506 e. The molecule has 2 aromatic carbocycles. The fourth-order valence-corrected chi connectivity index (χ4v) is 3.50. The molecular formula is C18H20N2O2S. The molecule has 23 heavy (non-hydrogen) atoms. The van der Waals surface area contributed by atoms with Gasteiger partial charge in [-0.2, -0.15) is 0 Å². The first-order valence-electron chi connectivity index (χ1n) is 7.72. The number of rotatable bonds is 4. The number of aromatic hydroxyl groups is 1. The molecule has 120 valence electrons. The minimum absolute atomic E-state index is 0.177. The summed E-state index contributed by atoms with van der Waals surface area (Å²) in [7, 11) is 0. The van der Waals surface area contributed by atoms with Crippen LogP contribution in [-0.2, 0) is 4.79 Å². The van der Waals surface area contributed by atoms with Crippen LogP contribution in [-0.4, -0.2) is 47.8 Å². The summed E-state index contributed by atoms with van der Waals surface area (Å²) in [5, 5.41) is 9.92. The van der Waals surface area contributed by atoms with Crippen LogP contribution in [0, 0.1) is 0 Å². The van der Waals surface area contributed by atoms with E-state index >= 15 is 0 Å². The zero-order chi connectivity index (χ0) is 16.1. The van der Waals surface area contributed by atoms with E-state index in [0.717, 1.165) is 23.7 Å². The Morgan fingerprint density at radius 3 is 2.30 bits per heavy atom. The van der Waals surface area contributed by atoms with Crippen LogP contribution >= 0.6 is 11.8 Å². The predicted octanol–water partition coefficient (Wildman–Crippen LogP) is 2.83. The van der Waals surface area contributed by atoms with Gasteiger partial charge in [-0.15, -0.1) is 11.8 Å². The molecule has 3 rings (SSSR count). The highest BCUT2D eigenvalue weighted by Gasteiger charge is 2.22. The van der Waals surface area contributed by atoms with Crippen molar-refractivity contribution < 1.29 is 9.90 Å². The van der Waals surface area contributed by atoms with Crippen molar-refractivity contribution in [1.29, 1.82) is 0 Å². The minimum atomic E-state index is 0.177. The fourth-order valence-electron chi connectivity index (χ4n) is 2.68. The lowest BCUT2D eigenvalue weighted by Crippen LogP contribution is -2.49. The van der Waals surface area contributed by atoms with Crippen LogP contribution in [0.15, 0.2) is 59.5 Å². The van der Waals surface area contributed by atoms with Gasteiger partial charge in [0.15, 0.2) is 0 Å². The maximum absolute atomic E-state index is 12.3. The highest BCUT2D eigenvalue weighted by molar-refractivity contribution is 8.00. The Hall–Kier alpha value is -2.14. The van der Waals surface area contributed by atoms with Crippen molar-refractivity contribution in [1.82, 2.24) is 4.90 Å². The molecule has 1 heterocycles. The average molecular weight is 328 g/mol. The van der Waals surface area contributed by atoms with Crippen LogP contribution in [0.25, 0.3) is 0 Å². The number of anilines is 1. The number of hydrogen-bond acceptors (Lipinski definition) is 4. The molecule has 1 amide bonds. The molecular weight excluding hydrogens is 308 g/mol. The molecule has 1 aliphatic heterocycles. The number of phenolic OH excluding ortho intramolecular Hbond substituents is 1. The van der Waals surface area contributed by atoms with E-state index in [2.05, 4.69) is 4.90 Å². The van der Waals surface area contributed by atoms with Crippen molar-refractivity contribution in [3.05, 3.63) is 54.6 Å². The summed E-state index contributed by atoms with van der Waals surface area (Å²) in [4.78, 5) is 17.5. The molecule has 0 aliphatic carbocycles. The standard InChI is InChI=1S/C18H20N2O2S/c21-17-9-5-4-8-16(17)19-10-12-20(13-11-19)18(22)14-23-15-6-2-1-3-7-15/h1-9,21H,10-14H2. The van der Waals surface area contributed by atoms with E-state index in [1.165, 1.54) is 0 Å². The van der Waals surface area contributed by atoms with Crippen LogP contribution in [0.4, 0.5) is 5.69 Å². The van der Waals surface area contributed by atoms with E-state index in [4.69, 9.17) is 0 Å². The number of para-hydroxylation sites is 2. The maximum atomic E-state index is 12.3. The lowest BCUT2D eigenvalue weighted by molar-refractivity contribution is -0.128. The Kier molecular flexibility index (Phi) is 5.08. The number of benzene rings is 2. The highest BCUT2D eigenvalue weighted by atomic mass is 32.2. The van der Waals surface area contributed by atoms with Gasteiger partial charge in [0, 0.05) is 31.1 Å². The van der Waals surface area contributed by atoms with Crippen molar-refractivity contribution in [2.45, 2.75) is 4.90 Å². The third-order valence-corrected chi connectivity index (χ3v) is 4.96. The molecule has 4 nitrogen and oxygen atoms in total. The van der Waals surface area contributed by atoms with Gasteiger partial charge in [0.05, 0.1) is 11.4 Å². The molecule has 0 radical (unpaired) electrons. The molecule has 0 aromatic heterocycles.